The van der Waals surface area contributed by atoms with Gasteiger partial charge in [-0.15, -0.1) is 21.5 Å². The van der Waals surface area contributed by atoms with Gasteiger partial charge in [0.2, 0.25) is 0 Å². The Balaban J connectivity index is 2.02. The number of aliphatic hydroxyl groups excluding tert-OH is 1. The molecule has 86 valence electrons. The lowest BCUT2D eigenvalue weighted by Crippen LogP contribution is -1.85. The fraction of sp³-hybridized carbons (Fsp3) is 0.333. The molecule has 0 spiro atoms. The summed E-state index contributed by atoms with van der Waals surface area (Å²) in [5.41, 5.74) is 0. The first-order valence-corrected chi connectivity index (χ1v) is 6.80. The molecule has 2 rings (SSSR count). The third-order valence-corrected chi connectivity index (χ3v) is 3.84. The van der Waals surface area contributed by atoms with Crippen LogP contribution in [0.3, 0.4) is 0 Å². The van der Waals surface area contributed by atoms with E-state index in [9.17, 15) is 0 Å². The van der Waals surface area contributed by atoms with Gasteiger partial charge >= 0.3 is 0 Å². The molecule has 4 nitrogen and oxygen atoms in total. The van der Waals surface area contributed by atoms with Crippen molar-refractivity contribution < 1.29 is 9.52 Å². The molecule has 0 fully saturated rings. The Kier molecular flexibility index (Phi) is 4.22. The topological polar surface area (TPSA) is 59.2 Å². The number of nitrogens with zero attached hydrogens (tertiary/aromatic N) is 2. The molecule has 0 aromatic carbocycles. The molecule has 0 amide bonds. The standard InChI is InChI=1S/C9H9ClN2O2S2/c10-7-3-2-6(16-7)8-11-12-9(14-8)15-5-1-4-13/h2-3,13H,1,4-5H2. The summed E-state index contributed by atoms with van der Waals surface area (Å²) in [4.78, 5) is 0.867. The minimum absolute atomic E-state index is 0.175. The summed E-state index contributed by atoms with van der Waals surface area (Å²) in [5.74, 6) is 1.26. The normalized spacial score (nSPS) is 10.9. The van der Waals surface area contributed by atoms with E-state index in [1.54, 1.807) is 6.07 Å². The summed E-state index contributed by atoms with van der Waals surface area (Å²) in [5, 5.41) is 17.0. The molecule has 0 atom stereocenters. The molecule has 2 aromatic heterocycles. The van der Waals surface area contributed by atoms with Crippen LogP contribution in [-0.2, 0) is 0 Å². The van der Waals surface area contributed by atoms with Crippen molar-refractivity contribution in [1.82, 2.24) is 10.2 Å². The molecule has 2 heterocycles. The van der Waals surface area contributed by atoms with Gasteiger partial charge in [-0.25, -0.2) is 0 Å². The highest BCUT2D eigenvalue weighted by atomic mass is 35.5. The number of aliphatic hydroxyl groups is 1. The Labute approximate surface area is 106 Å². The Bertz CT molecular complexity index is 458. The van der Waals surface area contributed by atoms with Crippen LogP contribution in [0.4, 0.5) is 0 Å². The van der Waals surface area contributed by atoms with Gasteiger partial charge in [0.25, 0.3) is 11.1 Å². The zero-order chi connectivity index (χ0) is 11.4. The lowest BCUT2D eigenvalue weighted by molar-refractivity contribution is 0.296. The minimum atomic E-state index is 0.175. The van der Waals surface area contributed by atoms with E-state index in [4.69, 9.17) is 21.1 Å². The van der Waals surface area contributed by atoms with Crippen molar-refractivity contribution in [1.29, 1.82) is 0 Å². The van der Waals surface area contributed by atoms with Gasteiger partial charge in [0.05, 0.1) is 9.21 Å². The predicted octanol–water partition coefficient (Wildman–Crippen LogP) is 2.93. The second kappa shape index (κ2) is 5.67. The number of halogens is 1. The van der Waals surface area contributed by atoms with Crippen LogP contribution in [0.1, 0.15) is 6.42 Å². The van der Waals surface area contributed by atoms with Gasteiger partial charge in [0, 0.05) is 12.4 Å². The van der Waals surface area contributed by atoms with Crippen LogP contribution in [0, 0.1) is 0 Å². The van der Waals surface area contributed by atoms with E-state index in [0.29, 0.717) is 21.9 Å². The molecular formula is C9H9ClN2O2S2. The van der Waals surface area contributed by atoms with Crippen LogP contribution in [0.2, 0.25) is 4.34 Å². The quantitative estimate of drug-likeness (QED) is 0.672. The number of thioether (sulfide) groups is 1. The first-order valence-electron chi connectivity index (χ1n) is 4.62. The molecule has 0 aliphatic carbocycles. The van der Waals surface area contributed by atoms with Crippen molar-refractivity contribution >= 4 is 34.7 Å². The Morgan fingerprint density at radius 2 is 2.31 bits per heavy atom. The minimum Gasteiger partial charge on any atom is -0.410 e. The average molecular weight is 277 g/mol. The maximum absolute atomic E-state index is 8.64. The zero-order valence-corrected chi connectivity index (χ0v) is 10.6. The highest BCUT2D eigenvalue weighted by molar-refractivity contribution is 7.99. The average Bonchev–Trinajstić information content (AvgIpc) is 2.87. The number of aromatic nitrogens is 2. The molecule has 0 radical (unpaired) electrons. The monoisotopic (exact) mass is 276 g/mol. The summed E-state index contributed by atoms with van der Waals surface area (Å²) in [6, 6.07) is 3.65. The summed E-state index contributed by atoms with van der Waals surface area (Å²) < 4.78 is 6.14. The molecule has 0 aliphatic heterocycles. The van der Waals surface area contributed by atoms with Crippen molar-refractivity contribution in [3.05, 3.63) is 16.5 Å². The van der Waals surface area contributed by atoms with Gasteiger partial charge in [0.15, 0.2) is 0 Å². The van der Waals surface area contributed by atoms with Crippen LogP contribution in [0.15, 0.2) is 21.8 Å². The summed E-state index contributed by atoms with van der Waals surface area (Å²) >= 11 is 8.66. The van der Waals surface area contributed by atoms with Crippen molar-refractivity contribution in [3.63, 3.8) is 0 Å². The lowest BCUT2D eigenvalue weighted by Gasteiger charge is -1.91. The van der Waals surface area contributed by atoms with Gasteiger partial charge in [-0.1, -0.05) is 23.4 Å². The summed E-state index contributed by atoms with van der Waals surface area (Å²) in [7, 11) is 0. The first-order chi connectivity index (χ1) is 7.79. The number of hydrogen-bond donors (Lipinski definition) is 1. The molecular weight excluding hydrogens is 268 g/mol. The lowest BCUT2D eigenvalue weighted by atomic mass is 10.5. The van der Waals surface area contributed by atoms with Crippen molar-refractivity contribution in [2.45, 2.75) is 11.6 Å². The van der Waals surface area contributed by atoms with Crippen LogP contribution in [-0.4, -0.2) is 27.7 Å². The number of thiophene rings is 1. The highest BCUT2D eigenvalue weighted by Gasteiger charge is 2.10. The van der Waals surface area contributed by atoms with E-state index in [-0.39, 0.29) is 6.61 Å². The maximum Gasteiger partial charge on any atom is 0.276 e. The largest absolute Gasteiger partial charge is 0.410 e. The van der Waals surface area contributed by atoms with Crippen LogP contribution in [0.5, 0.6) is 0 Å². The van der Waals surface area contributed by atoms with E-state index >= 15 is 0 Å². The van der Waals surface area contributed by atoms with Gasteiger partial charge in [-0.2, -0.15) is 0 Å². The Morgan fingerprint density at radius 1 is 1.44 bits per heavy atom. The zero-order valence-electron chi connectivity index (χ0n) is 8.22. The van der Waals surface area contributed by atoms with Crippen molar-refractivity contribution in [2.75, 3.05) is 12.4 Å². The smallest absolute Gasteiger partial charge is 0.276 e. The molecule has 0 saturated heterocycles. The number of hydrogen-bond acceptors (Lipinski definition) is 6. The first kappa shape index (κ1) is 11.9. The maximum atomic E-state index is 8.64. The Hall–Kier alpha value is -0.560. The van der Waals surface area contributed by atoms with E-state index < -0.39 is 0 Å². The van der Waals surface area contributed by atoms with Gasteiger partial charge in [0.1, 0.15) is 0 Å². The van der Waals surface area contributed by atoms with E-state index in [1.807, 2.05) is 6.07 Å². The summed E-state index contributed by atoms with van der Waals surface area (Å²) in [6.45, 7) is 0.175. The molecule has 1 N–H and O–H groups in total. The van der Waals surface area contributed by atoms with Crippen LogP contribution in [0.25, 0.3) is 10.8 Å². The second-order valence-electron chi connectivity index (χ2n) is 2.90. The number of rotatable bonds is 5. The van der Waals surface area contributed by atoms with Crippen molar-refractivity contribution in [2.24, 2.45) is 0 Å². The fourth-order valence-corrected chi connectivity index (χ4v) is 2.67. The van der Waals surface area contributed by atoms with Crippen LogP contribution < -0.4 is 0 Å². The van der Waals surface area contributed by atoms with E-state index in [1.165, 1.54) is 23.1 Å². The van der Waals surface area contributed by atoms with Crippen molar-refractivity contribution in [3.8, 4) is 10.8 Å². The van der Waals surface area contributed by atoms with E-state index in [0.717, 1.165) is 10.6 Å². The van der Waals surface area contributed by atoms with Crippen LogP contribution >= 0.6 is 34.7 Å². The molecule has 16 heavy (non-hydrogen) atoms. The van der Waals surface area contributed by atoms with E-state index in [2.05, 4.69) is 10.2 Å². The summed E-state index contributed by atoms with van der Waals surface area (Å²) in [6.07, 6.45) is 0.715. The van der Waals surface area contributed by atoms with Gasteiger partial charge in [-0.05, 0) is 18.6 Å². The fourth-order valence-electron chi connectivity index (χ4n) is 1.02. The molecule has 0 unspecified atom stereocenters. The molecule has 0 saturated carbocycles. The Morgan fingerprint density at radius 3 is 3.00 bits per heavy atom. The molecule has 7 heteroatoms. The van der Waals surface area contributed by atoms with Gasteiger partial charge in [-0.3, -0.25) is 0 Å². The molecule has 0 bridgehead atoms. The molecule has 2 aromatic rings. The highest BCUT2D eigenvalue weighted by Crippen LogP contribution is 2.31. The third-order valence-electron chi connectivity index (χ3n) is 1.72. The third kappa shape index (κ3) is 2.98. The van der Waals surface area contributed by atoms with Gasteiger partial charge < -0.3 is 9.52 Å². The second-order valence-corrected chi connectivity index (χ2v) is 5.66. The molecule has 0 aliphatic rings. The predicted molar refractivity (Wildman–Crippen MR) is 65.0 cm³/mol. The SMILES string of the molecule is OCCCSc1nnc(-c2ccc(Cl)s2)o1.